The third-order valence-corrected chi connectivity index (χ3v) is 5.81. The Hall–Kier alpha value is -4.03. The van der Waals surface area contributed by atoms with E-state index in [0.717, 1.165) is 28.0 Å². The molecule has 0 saturated heterocycles. The highest BCUT2D eigenvalue weighted by molar-refractivity contribution is 5.58. The third-order valence-electron chi connectivity index (χ3n) is 5.81. The van der Waals surface area contributed by atoms with Gasteiger partial charge in [0.1, 0.15) is 55.9 Å². The minimum Gasteiger partial charge on any atom is -0.494 e. The van der Waals surface area contributed by atoms with Crippen LogP contribution in [0.25, 0.3) is 5.76 Å². The van der Waals surface area contributed by atoms with Crippen LogP contribution in [0.2, 0.25) is 0 Å². The van der Waals surface area contributed by atoms with Crippen molar-refractivity contribution in [1.82, 2.24) is 0 Å². The van der Waals surface area contributed by atoms with Gasteiger partial charge in [0, 0.05) is 19.1 Å². The van der Waals surface area contributed by atoms with Gasteiger partial charge in [-0.05, 0) is 60.0 Å². The molecule has 1 unspecified atom stereocenters. The van der Waals surface area contributed by atoms with E-state index in [-0.39, 0.29) is 6.79 Å². The van der Waals surface area contributed by atoms with Crippen LogP contribution in [0.1, 0.15) is 34.8 Å². The smallest absolute Gasteiger partial charge is 0.146 e. The van der Waals surface area contributed by atoms with Crippen molar-refractivity contribution in [2.45, 2.75) is 19.4 Å². The van der Waals surface area contributed by atoms with E-state index in [9.17, 15) is 5.26 Å². The third kappa shape index (κ3) is 12.4. The fourth-order valence-electron chi connectivity index (χ4n) is 3.75. The number of benzene rings is 3. The van der Waals surface area contributed by atoms with Crippen LogP contribution < -0.4 is 9.47 Å². The van der Waals surface area contributed by atoms with Crippen molar-refractivity contribution >= 4 is 12.5 Å². The van der Waals surface area contributed by atoms with E-state index in [1.165, 1.54) is 0 Å². The summed E-state index contributed by atoms with van der Waals surface area (Å²) in [7, 11) is 1.56. The second-order valence-corrected chi connectivity index (χ2v) is 8.89. The van der Waals surface area contributed by atoms with Crippen molar-refractivity contribution in [3.05, 3.63) is 108 Å². The molecule has 3 rings (SSSR count). The first-order valence-corrected chi connectivity index (χ1v) is 13.5. The normalized spacial score (nSPS) is 11.1. The van der Waals surface area contributed by atoms with Gasteiger partial charge in [0.15, 0.2) is 0 Å². The fourth-order valence-corrected chi connectivity index (χ4v) is 3.75. The summed E-state index contributed by atoms with van der Waals surface area (Å²) in [6, 6.07) is 20.5. The molecule has 10 heteroatoms. The lowest BCUT2D eigenvalue weighted by Crippen LogP contribution is -2.06. The second-order valence-electron chi connectivity index (χ2n) is 8.89. The first-order valence-electron chi connectivity index (χ1n) is 13.5. The number of carbonyl (C=O) groups is 1. The number of rotatable bonds is 20. The molecule has 1 atom stereocenters. The van der Waals surface area contributed by atoms with E-state index in [2.05, 4.69) is 13.2 Å². The lowest BCUT2D eigenvalue weighted by atomic mass is 9.98. The molecule has 43 heavy (non-hydrogen) atoms. The van der Waals surface area contributed by atoms with Crippen LogP contribution >= 0.6 is 0 Å². The molecular weight excluding hydrogens is 556 g/mol. The summed E-state index contributed by atoms with van der Waals surface area (Å²) in [4.78, 5) is 22.7. The molecule has 0 heterocycles. The Morgan fingerprint density at radius 1 is 0.884 bits per heavy atom. The van der Waals surface area contributed by atoms with Gasteiger partial charge < -0.3 is 28.5 Å². The number of hydrogen-bond donors (Lipinski definition) is 1. The van der Waals surface area contributed by atoms with Crippen molar-refractivity contribution < 1.29 is 48.4 Å². The van der Waals surface area contributed by atoms with Gasteiger partial charge in [-0.2, -0.15) is 0 Å². The average molecular weight is 597 g/mol. The molecule has 10 nitrogen and oxygen atoms in total. The highest BCUT2D eigenvalue weighted by Crippen LogP contribution is 2.32. The molecule has 0 radical (unpaired) electrons. The topological polar surface area (TPSA) is 111 Å². The molecule has 0 bridgehead atoms. The number of carbonyl (C=O) groups excluding carboxylic acids is 1. The zero-order chi connectivity index (χ0) is 31.3. The largest absolute Gasteiger partial charge is 0.494 e. The quantitative estimate of drug-likeness (QED) is 0.0378. The Morgan fingerprint density at radius 3 is 2.23 bits per heavy atom. The van der Waals surface area contributed by atoms with Gasteiger partial charge in [0.05, 0.1) is 19.8 Å². The monoisotopic (exact) mass is 596 g/mol. The predicted octanol–water partition coefficient (Wildman–Crippen LogP) is 6.69. The Labute approximate surface area is 252 Å². The van der Waals surface area contributed by atoms with Crippen LogP contribution in [-0.4, -0.2) is 59.0 Å². The lowest BCUT2D eigenvalue weighted by Gasteiger charge is -2.17. The Morgan fingerprint density at radius 2 is 1.58 bits per heavy atom. The molecule has 0 amide bonds. The van der Waals surface area contributed by atoms with E-state index in [1.54, 1.807) is 13.2 Å². The molecule has 0 aliphatic rings. The molecule has 0 aromatic heterocycles. The van der Waals surface area contributed by atoms with Crippen molar-refractivity contribution in [3.8, 4) is 17.2 Å². The van der Waals surface area contributed by atoms with E-state index >= 15 is 0 Å². The Balaban J connectivity index is 0.00000316. The number of aryl methyl sites for hydroxylation is 1. The standard InChI is InChI=1S/C32H38O9.CH2O/c1-5-17-38-39-19-6-18-37-29-12-14-30(15-13-29)40-31-16-11-28(22-24(31)2)32(41-33)27-9-7-26(8-10-27)25(3)36-21-20-35-23-34-4;1-2/h5,7-16,22,32-33H,1,3,6,17-21,23H2,2,4H3;1H2. The zero-order valence-corrected chi connectivity index (χ0v) is 24.7. The van der Waals surface area contributed by atoms with Crippen LogP contribution in [0.5, 0.6) is 17.2 Å². The molecule has 0 spiro atoms. The Bertz CT molecular complexity index is 1210. The zero-order valence-electron chi connectivity index (χ0n) is 24.7. The molecule has 1 N–H and O–H groups in total. The summed E-state index contributed by atoms with van der Waals surface area (Å²) in [6.45, 7) is 13.7. The highest BCUT2D eigenvalue weighted by atomic mass is 17.2. The second kappa shape index (κ2) is 20.8. The van der Waals surface area contributed by atoms with Crippen LogP contribution in [0.15, 0.2) is 86.0 Å². The summed E-state index contributed by atoms with van der Waals surface area (Å²) < 4.78 is 27.5. The van der Waals surface area contributed by atoms with Gasteiger partial charge in [-0.1, -0.05) is 43.0 Å². The number of hydrogen-bond acceptors (Lipinski definition) is 10. The first-order chi connectivity index (χ1) is 21.0. The summed E-state index contributed by atoms with van der Waals surface area (Å²) in [6.07, 6.45) is 1.64. The summed E-state index contributed by atoms with van der Waals surface area (Å²) >= 11 is 0. The minimum atomic E-state index is -0.677. The van der Waals surface area contributed by atoms with Crippen LogP contribution in [-0.2, 0) is 33.7 Å². The summed E-state index contributed by atoms with van der Waals surface area (Å²) in [5.74, 6) is 2.62. The minimum absolute atomic E-state index is 0.216. The number of methoxy groups -OCH3 is 1. The van der Waals surface area contributed by atoms with Crippen LogP contribution in [0.4, 0.5) is 0 Å². The van der Waals surface area contributed by atoms with Gasteiger partial charge in [0.25, 0.3) is 0 Å². The van der Waals surface area contributed by atoms with Gasteiger partial charge in [-0.15, -0.1) is 6.58 Å². The van der Waals surface area contributed by atoms with E-state index < -0.39 is 6.10 Å². The van der Waals surface area contributed by atoms with Crippen molar-refractivity contribution in [2.24, 2.45) is 0 Å². The van der Waals surface area contributed by atoms with Crippen LogP contribution in [0.3, 0.4) is 0 Å². The van der Waals surface area contributed by atoms with Crippen molar-refractivity contribution in [1.29, 1.82) is 0 Å². The molecule has 3 aromatic rings. The van der Waals surface area contributed by atoms with Crippen molar-refractivity contribution in [3.63, 3.8) is 0 Å². The summed E-state index contributed by atoms with van der Waals surface area (Å²) in [5.41, 5.74) is 3.25. The van der Waals surface area contributed by atoms with E-state index in [1.807, 2.05) is 80.4 Å². The molecule has 3 aromatic carbocycles. The molecule has 0 saturated carbocycles. The number of ether oxygens (including phenoxy) is 5. The van der Waals surface area contributed by atoms with Gasteiger partial charge in [-0.3, -0.25) is 5.26 Å². The first kappa shape index (κ1) is 35.2. The van der Waals surface area contributed by atoms with E-state index in [4.69, 9.17) is 43.1 Å². The highest BCUT2D eigenvalue weighted by Gasteiger charge is 2.17. The van der Waals surface area contributed by atoms with Gasteiger partial charge in [0.2, 0.25) is 0 Å². The van der Waals surface area contributed by atoms with Crippen LogP contribution in [0, 0.1) is 6.92 Å². The molecule has 232 valence electrons. The maximum Gasteiger partial charge on any atom is 0.146 e. The van der Waals surface area contributed by atoms with Gasteiger partial charge in [-0.25, -0.2) is 14.7 Å². The lowest BCUT2D eigenvalue weighted by molar-refractivity contribution is -0.287. The predicted molar refractivity (Wildman–Crippen MR) is 162 cm³/mol. The molecule has 0 fully saturated rings. The molecule has 0 aliphatic heterocycles. The van der Waals surface area contributed by atoms with Gasteiger partial charge >= 0.3 is 0 Å². The maximum absolute atomic E-state index is 9.72. The SMILES string of the molecule is C=CCOOCCCOc1ccc(Oc2ccc(C(OO)c3ccc(C(=C)OCCOCOC)cc3)cc2C)cc1.C=O. The van der Waals surface area contributed by atoms with E-state index in [0.29, 0.717) is 56.7 Å². The van der Waals surface area contributed by atoms with Crippen molar-refractivity contribution in [2.75, 3.05) is 46.9 Å². The summed E-state index contributed by atoms with van der Waals surface area (Å²) in [5, 5.41) is 9.72. The Kier molecular flexibility index (Phi) is 17.0. The average Bonchev–Trinajstić information content (AvgIpc) is 3.04. The molecular formula is C33H40O10. The molecule has 0 aliphatic carbocycles. The fraction of sp³-hybridized carbons (Fsp3) is 0.303. The maximum atomic E-state index is 9.72.